The van der Waals surface area contributed by atoms with Gasteiger partial charge >= 0.3 is 5.97 Å². The molecule has 6 heteroatoms. The molecule has 1 aliphatic heterocycles. The number of nitrogens with zero attached hydrogens (tertiary/aromatic N) is 1. The Bertz CT molecular complexity index is 256. The van der Waals surface area contributed by atoms with Gasteiger partial charge < -0.3 is 20.5 Å². The third kappa shape index (κ3) is 2.66. The van der Waals surface area contributed by atoms with Gasteiger partial charge in [0.2, 0.25) is 5.91 Å². The molecule has 15 heavy (non-hydrogen) atoms. The minimum Gasteiger partial charge on any atom is -0.480 e. The number of carbonyl (C=O) groups excluding carboxylic acids is 1. The van der Waals surface area contributed by atoms with Gasteiger partial charge in [0.25, 0.3) is 0 Å². The van der Waals surface area contributed by atoms with E-state index in [9.17, 15) is 9.59 Å². The maximum atomic E-state index is 11.7. The molecule has 86 valence electrons. The highest BCUT2D eigenvalue weighted by Gasteiger charge is 2.35. The summed E-state index contributed by atoms with van der Waals surface area (Å²) < 4.78 is 4.76. The molecule has 6 nitrogen and oxygen atoms in total. The van der Waals surface area contributed by atoms with Crippen LogP contribution in [0.1, 0.15) is 12.8 Å². The van der Waals surface area contributed by atoms with Gasteiger partial charge in [-0.15, -0.1) is 0 Å². The number of ether oxygens (including phenoxy) is 1. The maximum absolute atomic E-state index is 11.7. The largest absolute Gasteiger partial charge is 0.480 e. The van der Waals surface area contributed by atoms with Crippen LogP contribution in [0.2, 0.25) is 0 Å². The molecule has 0 aliphatic carbocycles. The molecule has 0 spiro atoms. The van der Waals surface area contributed by atoms with E-state index >= 15 is 0 Å². The first kappa shape index (κ1) is 11.9. The fourth-order valence-corrected chi connectivity index (χ4v) is 1.75. The Hall–Kier alpha value is -1.14. The zero-order valence-corrected chi connectivity index (χ0v) is 8.68. The molecule has 1 heterocycles. The van der Waals surface area contributed by atoms with Crippen LogP contribution in [0, 0.1) is 0 Å². The van der Waals surface area contributed by atoms with Crippen LogP contribution >= 0.6 is 0 Å². The van der Waals surface area contributed by atoms with Gasteiger partial charge in [-0.25, -0.2) is 4.79 Å². The Morgan fingerprint density at radius 2 is 2.33 bits per heavy atom. The van der Waals surface area contributed by atoms with Crippen molar-refractivity contribution in [3.63, 3.8) is 0 Å². The summed E-state index contributed by atoms with van der Waals surface area (Å²) in [6.07, 6.45) is 1.21. The van der Waals surface area contributed by atoms with Crippen molar-refractivity contribution in [3.8, 4) is 0 Å². The number of hydrogen-bond donors (Lipinski definition) is 2. The lowest BCUT2D eigenvalue weighted by atomic mass is 10.2. The van der Waals surface area contributed by atoms with E-state index in [2.05, 4.69) is 0 Å². The molecule has 0 aromatic heterocycles. The minimum absolute atomic E-state index is 0.113. The Balaban J connectivity index is 2.62. The number of nitrogens with two attached hydrogens (primary N) is 1. The van der Waals surface area contributed by atoms with Crippen LogP contribution in [-0.2, 0) is 14.3 Å². The number of aliphatic carboxylic acids is 1. The molecule has 1 amide bonds. The third-order valence-electron chi connectivity index (χ3n) is 2.48. The van der Waals surface area contributed by atoms with Crippen molar-refractivity contribution in [2.75, 3.05) is 20.3 Å². The zero-order chi connectivity index (χ0) is 11.4. The molecule has 2 atom stereocenters. The summed E-state index contributed by atoms with van der Waals surface area (Å²) in [5.41, 5.74) is 5.56. The molecule has 3 N–H and O–H groups in total. The number of carbonyl (C=O) groups is 2. The molecule has 1 saturated heterocycles. The average molecular weight is 216 g/mol. The lowest BCUT2D eigenvalue weighted by Crippen LogP contribution is -2.50. The van der Waals surface area contributed by atoms with Crippen molar-refractivity contribution in [3.05, 3.63) is 0 Å². The van der Waals surface area contributed by atoms with Gasteiger partial charge in [0.15, 0.2) is 0 Å². The van der Waals surface area contributed by atoms with E-state index in [0.29, 0.717) is 19.4 Å². The SMILES string of the molecule is COCC(N)C(=O)N1CCC[C@H]1C(=O)O. The van der Waals surface area contributed by atoms with E-state index in [1.807, 2.05) is 0 Å². The topological polar surface area (TPSA) is 92.9 Å². The van der Waals surface area contributed by atoms with Crippen molar-refractivity contribution in [2.24, 2.45) is 5.73 Å². The Morgan fingerprint density at radius 3 is 2.87 bits per heavy atom. The van der Waals surface area contributed by atoms with E-state index in [0.717, 1.165) is 0 Å². The van der Waals surface area contributed by atoms with Gasteiger partial charge in [-0.2, -0.15) is 0 Å². The molecule has 1 fully saturated rings. The van der Waals surface area contributed by atoms with Gasteiger partial charge in [0.05, 0.1) is 6.61 Å². The molecule has 0 bridgehead atoms. The number of likely N-dealkylation sites (tertiary alicyclic amines) is 1. The quantitative estimate of drug-likeness (QED) is 0.631. The monoisotopic (exact) mass is 216 g/mol. The summed E-state index contributed by atoms with van der Waals surface area (Å²) in [6.45, 7) is 0.578. The van der Waals surface area contributed by atoms with Gasteiger partial charge in [0.1, 0.15) is 12.1 Å². The van der Waals surface area contributed by atoms with Gasteiger partial charge in [-0.1, -0.05) is 0 Å². The highest BCUT2D eigenvalue weighted by Crippen LogP contribution is 2.18. The number of hydrogen-bond acceptors (Lipinski definition) is 4. The van der Waals surface area contributed by atoms with Crippen LogP contribution < -0.4 is 5.73 Å². The standard InChI is InChI=1S/C9H16N2O4/c1-15-5-6(10)8(12)11-4-2-3-7(11)9(13)14/h6-7H,2-5,10H2,1H3,(H,13,14)/t6?,7-/m0/s1. The summed E-state index contributed by atoms with van der Waals surface area (Å²) in [4.78, 5) is 23.9. The normalized spacial score (nSPS) is 22.8. The summed E-state index contributed by atoms with van der Waals surface area (Å²) in [5, 5.41) is 8.88. The van der Waals surface area contributed by atoms with Gasteiger partial charge in [0, 0.05) is 13.7 Å². The first-order valence-corrected chi connectivity index (χ1v) is 4.85. The number of carboxylic acids is 1. The average Bonchev–Trinajstić information content (AvgIpc) is 2.65. The smallest absolute Gasteiger partial charge is 0.326 e. The number of methoxy groups -OCH3 is 1. The molecule has 0 radical (unpaired) electrons. The number of carboxylic acid groups (broad SMARTS) is 1. The van der Waals surface area contributed by atoms with Gasteiger partial charge in [-0.05, 0) is 12.8 Å². The number of rotatable bonds is 4. The van der Waals surface area contributed by atoms with Crippen molar-refractivity contribution in [1.29, 1.82) is 0 Å². The summed E-state index contributed by atoms with van der Waals surface area (Å²) in [5.74, 6) is -1.31. The minimum atomic E-state index is -0.967. The molecule has 1 rings (SSSR count). The van der Waals surface area contributed by atoms with Crippen molar-refractivity contribution in [1.82, 2.24) is 4.90 Å². The highest BCUT2D eigenvalue weighted by atomic mass is 16.5. The fraction of sp³-hybridized carbons (Fsp3) is 0.778. The van der Waals surface area contributed by atoms with Crippen molar-refractivity contribution >= 4 is 11.9 Å². The second-order valence-electron chi connectivity index (χ2n) is 3.59. The Kier molecular flexibility index (Phi) is 4.05. The van der Waals surface area contributed by atoms with E-state index < -0.39 is 18.1 Å². The second-order valence-corrected chi connectivity index (χ2v) is 3.59. The first-order valence-electron chi connectivity index (χ1n) is 4.85. The van der Waals surface area contributed by atoms with Crippen LogP contribution in [0.5, 0.6) is 0 Å². The predicted octanol–water partition coefficient (Wildman–Crippen LogP) is -0.964. The Labute approximate surface area is 88.0 Å². The van der Waals surface area contributed by atoms with Crippen molar-refractivity contribution < 1.29 is 19.4 Å². The summed E-state index contributed by atoms with van der Waals surface area (Å²) >= 11 is 0. The highest BCUT2D eigenvalue weighted by molar-refractivity contribution is 5.87. The molecule has 0 aromatic rings. The molecule has 0 saturated carbocycles. The zero-order valence-electron chi connectivity index (χ0n) is 8.68. The first-order chi connectivity index (χ1) is 7.07. The van der Waals surface area contributed by atoms with Crippen LogP contribution in [0.4, 0.5) is 0 Å². The van der Waals surface area contributed by atoms with E-state index in [1.165, 1.54) is 12.0 Å². The van der Waals surface area contributed by atoms with Crippen LogP contribution in [0.25, 0.3) is 0 Å². The fourth-order valence-electron chi connectivity index (χ4n) is 1.75. The van der Waals surface area contributed by atoms with Gasteiger partial charge in [-0.3, -0.25) is 4.79 Å². The molecule has 1 unspecified atom stereocenters. The van der Waals surface area contributed by atoms with E-state index in [1.54, 1.807) is 0 Å². The molecular weight excluding hydrogens is 200 g/mol. The second kappa shape index (κ2) is 5.09. The Morgan fingerprint density at radius 1 is 1.67 bits per heavy atom. The third-order valence-corrected chi connectivity index (χ3v) is 2.48. The van der Waals surface area contributed by atoms with Crippen LogP contribution in [0.15, 0.2) is 0 Å². The van der Waals surface area contributed by atoms with Crippen LogP contribution in [0.3, 0.4) is 0 Å². The van der Waals surface area contributed by atoms with E-state index in [-0.39, 0.29) is 12.5 Å². The lowest BCUT2D eigenvalue weighted by Gasteiger charge is -2.24. The molecule has 1 aliphatic rings. The molecular formula is C9H16N2O4. The van der Waals surface area contributed by atoms with Crippen LogP contribution in [-0.4, -0.2) is 54.2 Å². The maximum Gasteiger partial charge on any atom is 0.326 e. The number of amides is 1. The molecule has 0 aromatic carbocycles. The van der Waals surface area contributed by atoms with Crippen molar-refractivity contribution in [2.45, 2.75) is 24.9 Å². The van der Waals surface area contributed by atoms with E-state index in [4.69, 9.17) is 15.6 Å². The predicted molar refractivity (Wildman–Crippen MR) is 52.2 cm³/mol. The summed E-state index contributed by atoms with van der Waals surface area (Å²) in [6, 6.07) is -1.49. The summed E-state index contributed by atoms with van der Waals surface area (Å²) in [7, 11) is 1.45. The lowest BCUT2D eigenvalue weighted by molar-refractivity contribution is -0.149.